The quantitative estimate of drug-likeness (QED) is 0.888. The number of nitrogens with zero attached hydrogens (tertiary/aromatic N) is 4. The van der Waals surface area contributed by atoms with Crippen molar-refractivity contribution in [3.8, 4) is 11.5 Å². The zero-order valence-corrected chi connectivity index (χ0v) is 13.5. The van der Waals surface area contributed by atoms with Crippen LogP contribution in [0.4, 0.5) is 0 Å². The number of hydrogen-bond acceptors (Lipinski definition) is 6. The summed E-state index contributed by atoms with van der Waals surface area (Å²) < 4.78 is 10.7. The lowest BCUT2D eigenvalue weighted by atomic mass is 10.1. The maximum absolute atomic E-state index is 12.4. The molecule has 8 heteroatoms. The van der Waals surface area contributed by atoms with Crippen LogP contribution in [0, 0.1) is 6.92 Å². The molecule has 1 saturated heterocycles. The van der Waals surface area contributed by atoms with Crippen molar-refractivity contribution >= 4 is 5.91 Å². The number of rotatable bonds is 4. The molecule has 8 nitrogen and oxygen atoms in total. The van der Waals surface area contributed by atoms with Crippen LogP contribution in [-0.2, 0) is 17.9 Å². The molecule has 3 heterocycles. The first-order chi connectivity index (χ1) is 11.7. The fraction of sp³-hybridized carbons (Fsp3) is 0.438. The summed E-state index contributed by atoms with van der Waals surface area (Å²) in [5, 5.41) is 6.95. The molecular weight excluding hydrogens is 310 g/mol. The van der Waals surface area contributed by atoms with Crippen LogP contribution in [-0.4, -0.2) is 57.3 Å². The Morgan fingerprint density at radius 3 is 2.88 bits per heavy atom. The molecule has 1 aromatic carbocycles. The number of hydrogen-bond donors (Lipinski definition) is 1. The van der Waals surface area contributed by atoms with E-state index in [2.05, 4.69) is 20.1 Å². The SMILES string of the molecule is Cc1nc(CN2CCN(Cc3ccc4c(c3)OCO4)C(=O)C2)n[nH]1. The standard InChI is InChI=1S/C16H19N5O3/c1-11-17-15(19-18-11)8-20-4-5-21(16(22)9-20)7-12-2-3-13-14(6-12)24-10-23-13/h2-3,6H,4-5,7-10H2,1H3,(H,17,18,19). The van der Waals surface area contributed by atoms with Gasteiger partial charge in [0.05, 0.1) is 13.1 Å². The van der Waals surface area contributed by atoms with Gasteiger partial charge in [-0.1, -0.05) is 6.07 Å². The highest BCUT2D eigenvalue weighted by atomic mass is 16.7. The van der Waals surface area contributed by atoms with Crippen molar-refractivity contribution < 1.29 is 14.3 Å². The van der Waals surface area contributed by atoms with Gasteiger partial charge < -0.3 is 14.4 Å². The van der Waals surface area contributed by atoms with Crippen LogP contribution in [0.2, 0.25) is 0 Å². The Morgan fingerprint density at radius 1 is 1.21 bits per heavy atom. The lowest BCUT2D eigenvalue weighted by Crippen LogP contribution is -2.49. The van der Waals surface area contributed by atoms with E-state index in [9.17, 15) is 4.79 Å². The first-order valence-electron chi connectivity index (χ1n) is 7.94. The van der Waals surface area contributed by atoms with E-state index in [0.29, 0.717) is 26.2 Å². The molecule has 2 aliphatic heterocycles. The third kappa shape index (κ3) is 3.05. The van der Waals surface area contributed by atoms with E-state index in [1.54, 1.807) is 0 Å². The van der Waals surface area contributed by atoms with E-state index in [1.165, 1.54) is 0 Å². The molecule has 1 N–H and O–H groups in total. The lowest BCUT2D eigenvalue weighted by Gasteiger charge is -2.33. The second-order valence-corrected chi connectivity index (χ2v) is 6.05. The number of amides is 1. The normalized spacial score (nSPS) is 17.5. The predicted octanol–water partition coefficient (Wildman–Crippen LogP) is 0.686. The Labute approximate surface area is 139 Å². The zero-order chi connectivity index (χ0) is 16.5. The molecule has 1 fully saturated rings. The molecule has 0 saturated carbocycles. The molecule has 126 valence electrons. The summed E-state index contributed by atoms with van der Waals surface area (Å²) in [6.45, 7) is 5.19. The molecule has 0 spiro atoms. The van der Waals surface area contributed by atoms with Gasteiger partial charge in [0.2, 0.25) is 12.7 Å². The average Bonchev–Trinajstić information content (AvgIpc) is 3.18. The monoisotopic (exact) mass is 329 g/mol. The maximum Gasteiger partial charge on any atom is 0.237 e. The van der Waals surface area contributed by atoms with Crippen molar-refractivity contribution in [3.05, 3.63) is 35.4 Å². The molecule has 1 aromatic heterocycles. The number of nitrogens with one attached hydrogen (secondary N) is 1. The van der Waals surface area contributed by atoms with Crippen LogP contribution in [0.15, 0.2) is 18.2 Å². The largest absolute Gasteiger partial charge is 0.454 e. The second-order valence-electron chi connectivity index (χ2n) is 6.05. The summed E-state index contributed by atoms with van der Waals surface area (Å²) in [5.41, 5.74) is 1.05. The number of H-pyrrole nitrogens is 1. The summed E-state index contributed by atoms with van der Waals surface area (Å²) in [6.07, 6.45) is 0. The number of aromatic nitrogens is 3. The molecular formula is C16H19N5O3. The molecule has 0 bridgehead atoms. The topological polar surface area (TPSA) is 83.6 Å². The highest BCUT2D eigenvalue weighted by Gasteiger charge is 2.25. The van der Waals surface area contributed by atoms with Gasteiger partial charge in [0.1, 0.15) is 5.82 Å². The average molecular weight is 329 g/mol. The zero-order valence-electron chi connectivity index (χ0n) is 13.5. The molecule has 0 aliphatic carbocycles. The number of carbonyl (C=O) groups is 1. The number of aromatic amines is 1. The van der Waals surface area contributed by atoms with E-state index in [0.717, 1.165) is 35.3 Å². The molecule has 0 unspecified atom stereocenters. The minimum atomic E-state index is 0.117. The van der Waals surface area contributed by atoms with Crippen molar-refractivity contribution in [2.24, 2.45) is 0 Å². The fourth-order valence-corrected chi connectivity index (χ4v) is 2.98. The minimum absolute atomic E-state index is 0.117. The second kappa shape index (κ2) is 6.12. The smallest absolute Gasteiger partial charge is 0.237 e. The van der Waals surface area contributed by atoms with Crippen LogP contribution >= 0.6 is 0 Å². The van der Waals surface area contributed by atoms with Crippen LogP contribution in [0.3, 0.4) is 0 Å². The van der Waals surface area contributed by atoms with Crippen LogP contribution in [0.25, 0.3) is 0 Å². The van der Waals surface area contributed by atoms with Gasteiger partial charge in [-0.05, 0) is 24.6 Å². The third-order valence-electron chi connectivity index (χ3n) is 4.22. The van der Waals surface area contributed by atoms with Gasteiger partial charge in [-0.15, -0.1) is 0 Å². The summed E-state index contributed by atoms with van der Waals surface area (Å²) in [6, 6.07) is 5.81. The van der Waals surface area contributed by atoms with Gasteiger partial charge in [0.25, 0.3) is 0 Å². The van der Waals surface area contributed by atoms with E-state index in [4.69, 9.17) is 9.47 Å². The predicted molar refractivity (Wildman–Crippen MR) is 84.4 cm³/mol. The summed E-state index contributed by atoms with van der Waals surface area (Å²) in [4.78, 5) is 20.7. The number of benzene rings is 1. The summed E-state index contributed by atoms with van der Waals surface area (Å²) >= 11 is 0. The van der Waals surface area contributed by atoms with E-state index < -0.39 is 0 Å². The van der Waals surface area contributed by atoms with E-state index in [1.807, 2.05) is 30.0 Å². The summed E-state index contributed by atoms with van der Waals surface area (Å²) in [7, 11) is 0. The number of ether oxygens (including phenoxy) is 2. The number of piperazine rings is 1. The van der Waals surface area contributed by atoms with Gasteiger partial charge in [-0.3, -0.25) is 14.8 Å². The maximum atomic E-state index is 12.4. The van der Waals surface area contributed by atoms with Crippen molar-refractivity contribution in [1.29, 1.82) is 0 Å². The van der Waals surface area contributed by atoms with Gasteiger partial charge in [-0.25, -0.2) is 4.98 Å². The Bertz CT molecular complexity index is 760. The highest BCUT2D eigenvalue weighted by Crippen LogP contribution is 2.32. The Hall–Kier alpha value is -2.61. The Kier molecular flexibility index (Phi) is 3.81. The van der Waals surface area contributed by atoms with Gasteiger partial charge >= 0.3 is 0 Å². The van der Waals surface area contributed by atoms with E-state index >= 15 is 0 Å². The first kappa shape index (κ1) is 14.9. The van der Waals surface area contributed by atoms with Crippen LogP contribution in [0.5, 0.6) is 11.5 Å². The van der Waals surface area contributed by atoms with Crippen molar-refractivity contribution in [2.75, 3.05) is 26.4 Å². The number of carbonyl (C=O) groups excluding carboxylic acids is 1. The third-order valence-corrected chi connectivity index (χ3v) is 4.22. The number of aryl methyl sites for hydroxylation is 1. The Morgan fingerprint density at radius 2 is 2.08 bits per heavy atom. The highest BCUT2D eigenvalue weighted by molar-refractivity contribution is 5.79. The molecule has 2 aromatic rings. The van der Waals surface area contributed by atoms with Crippen LogP contribution in [0.1, 0.15) is 17.2 Å². The van der Waals surface area contributed by atoms with Gasteiger partial charge in [-0.2, -0.15) is 5.10 Å². The van der Waals surface area contributed by atoms with E-state index in [-0.39, 0.29) is 12.7 Å². The molecule has 24 heavy (non-hydrogen) atoms. The molecule has 0 atom stereocenters. The van der Waals surface area contributed by atoms with Crippen molar-refractivity contribution in [1.82, 2.24) is 25.0 Å². The molecule has 0 radical (unpaired) electrons. The first-order valence-corrected chi connectivity index (χ1v) is 7.94. The van der Waals surface area contributed by atoms with Gasteiger partial charge in [0.15, 0.2) is 17.3 Å². The van der Waals surface area contributed by atoms with Gasteiger partial charge in [0, 0.05) is 19.6 Å². The Balaban J connectivity index is 1.36. The minimum Gasteiger partial charge on any atom is -0.454 e. The molecule has 1 amide bonds. The molecule has 4 rings (SSSR count). The molecule has 2 aliphatic rings. The van der Waals surface area contributed by atoms with Crippen molar-refractivity contribution in [3.63, 3.8) is 0 Å². The van der Waals surface area contributed by atoms with Crippen molar-refractivity contribution in [2.45, 2.75) is 20.0 Å². The summed E-state index contributed by atoms with van der Waals surface area (Å²) in [5.74, 6) is 3.14. The lowest BCUT2D eigenvalue weighted by molar-refractivity contribution is -0.136. The fourth-order valence-electron chi connectivity index (χ4n) is 2.98. The number of fused-ring (bicyclic) bond motifs is 1. The van der Waals surface area contributed by atoms with Crippen LogP contribution < -0.4 is 9.47 Å².